The molecule has 0 spiro atoms. The van der Waals surface area contributed by atoms with Gasteiger partial charge in [0.15, 0.2) is 0 Å². The van der Waals surface area contributed by atoms with E-state index in [4.69, 9.17) is 17.7 Å². The molecule has 0 aliphatic heterocycles. The number of hydrogen-bond acceptors (Lipinski definition) is 4. The van der Waals surface area contributed by atoms with Gasteiger partial charge in [0, 0.05) is 43.2 Å². The molecule has 2 aliphatic rings. The van der Waals surface area contributed by atoms with Gasteiger partial charge in [-0.05, 0) is 53.4 Å². The van der Waals surface area contributed by atoms with E-state index in [1.54, 1.807) is 0 Å². The summed E-state index contributed by atoms with van der Waals surface area (Å²) >= 11 is 0. The Morgan fingerprint density at radius 3 is 1.07 bits per heavy atom. The zero-order valence-electron chi connectivity index (χ0n) is 18.4. The van der Waals surface area contributed by atoms with Crippen LogP contribution in [0.25, 0.3) is 0 Å². The average molecular weight is 417 g/mol. The van der Waals surface area contributed by atoms with Crippen LogP contribution in [0.2, 0.25) is 16.7 Å². The highest BCUT2D eigenvalue weighted by molar-refractivity contribution is 6.87. The zero-order chi connectivity index (χ0) is 19.6. The van der Waals surface area contributed by atoms with Gasteiger partial charge in [0.25, 0.3) is 0 Å². The van der Waals surface area contributed by atoms with Crippen LogP contribution in [0.3, 0.4) is 0 Å². The van der Waals surface area contributed by atoms with Crippen LogP contribution in [-0.4, -0.2) is 43.5 Å². The summed E-state index contributed by atoms with van der Waals surface area (Å²) in [7, 11) is -4.75. The van der Waals surface area contributed by atoms with E-state index in [-0.39, 0.29) is 0 Å². The second kappa shape index (κ2) is 12.1. The molecule has 0 aromatic carbocycles. The van der Waals surface area contributed by atoms with Crippen LogP contribution in [0.1, 0.15) is 91.9 Å². The maximum Gasteiger partial charge on any atom is 0.343 e. The third-order valence-electron chi connectivity index (χ3n) is 6.50. The van der Waals surface area contributed by atoms with E-state index in [0.29, 0.717) is 11.1 Å². The standard InChI is InChI=1S/C21H44O4Si2/c1-5-22-26(23-6-2,20-15-11-9-12-16-20)19-27(24-7-3,25-8-4)21-17-13-10-14-18-21/h20-21H,5-19H2,1-4H3. The summed E-state index contributed by atoms with van der Waals surface area (Å²) < 4.78 is 26.6. The molecule has 0 amide bonds. The van der Waals surface area contributed by atoms with Crippen LogP contribution in [0.15, 0.2) is 0 Å². The molecule has 0 bridgehead atoms. The van der Waals surface area contributed by atoms with Gasteiger partial charge >= 0.3 is 17.1 Å². The second-order valence-electron chi connectivity index (χ2n) is 8.20. The van der Waals surface area contributed by atoms with Crippen molar-refractivity contribution < 1.29 is 17.7 Å². The predicted molar refractivity (Wildman–Crippen MR) is 116 cm³/mol. The highest BCUT2D eigenvalue weighted by Crippen LogP contribution is 2.48. The molecule has 160 valence electrons. The van der Waals surface area contributed by atoms with E-state index >= 15 is 0 Å². The molecule has 4 nitrogen and oxygen atoms in total. The van der Waals surface area contributed by atoms with Crippen LogP contribution in [0.5, 0.6) is 0 Å². The maximum atomic E-state index is 6.64. The fourth-order valence-electron chi connectivity index (χ4n) is 5.45. The number of hydrogen-bond donors (Lipinski definition) is 0. The summed E-state index contributed by atoms with van der Waals surface area (Å²) in [5, 5.41) is 0. The van der Waals surface area contributed by atoms with E-state index in [1.807, 2.05) is 0 Å². The molecule has 0 aromatic rings. The molecule has 0 atom stereocenters. The predicted octanol–water partition coefficient (Wildman–Crippen LogP) is 6.22. The smallest absolute Gasteiger partial charge is 0.343 e. The fraction of sp³-hybridized carbons (Fsp3) is 1.00. The summed E-state index contributed by atoms with van der Waals surface area (Å²) in [6, 6.07) is 0. The van der Waals surface area contributed by atoms with Crippen molar-refractivity contribution in [2.24, 2.45) is 0 Å². The molecule has 0 unspecified atom stereocenters. The Morgan fingerprint density at radius 2 is 0.815 bits per heavy atom. The van der Waals surface area contributed by atoms with Crippen molar-refractivity contribution in [2.45, 2.75) is 109 Å². The van der Waals surface area contributed by atoms with Crippen molar-refractivity contribution in [2.75, 3.05) is 26.4 Å². The minimum Gasteiger partial charge on any atom is -0.394 e. The van der Waals surface area contributed by atoms with Gasteiger partial charge in [-0.15, -0.1) is 0 Å². The minimum absolute atomic E-state index is 0.600. The zero-order valence-corrected chi connectivity index (χ0v) is 20.4. The summed E-state index contributed by atoms with van der Waals surface area (Å²) in [6.45, 7) is 11.5. The lowest BCUT2D eigenvalue weighted by molar-refractivity contribution is 0.143. The Bertz CT molecular complexity index is 348. The van der Waals surface area contributed by atoms with Gasteiger partial charge in [0.1, 0.15) is 0 Å². The Morgan fingerprint density at radius 1 is 0.519 bits per heavy atom. The van der Waals surface area contributed by atoms with Crippen LogP contribution >= 0.6 is 0 Å². The Kier molecular flexibility index (Phi) is 10.5. The van der Waals surface area contributed by atoms with Gasteiger partial charge in [0.05, 0.1) is 0 Å². The molecule has 0 radical (unpaired) electrons. The largest absolute Gasteiger partial charge is 0.394 e. The van der Waals surface area contributed by atoms with Crippen molar-refractivity contribution in [1.29, 1.82) is 0 Å². The second-order valence-corrected chi connectivity index (χ2v) is 15.7. The molecule has 2 fully saturated rings. The highest BCUT2D eigenvalue weighted by atomic mass is 28.4. The Hall–Kier alpha value is 0.274. The Balaban J connectivity index is 2.36. The van der Waals surface area contributed by atoms with E-state index in [9.17, 15) is 0 Å². The summed E-state index contributed by atoms with van der Waals surface area (Å²) in [6.07, 6.45) is 13.1. The normalized spacial score (nSPS) is 20.9. The van der Waals surface area contributed by atoms with Gasteiger partial charge in [-0.3, -0.25) is 0 Å². The lowest BCUT2D eigenvalue weighted by atomic mass is 10.0. The summed E-state index contributed by atoms with van der Waals surface area (Å²) in [5.74, 6) is 0. The first kappa shape index (κ1) is 23.6. The monoisotopic (exact) mass is 416 g/mol. The lowest BCUT2D eigenvalue weighted by Gasteiger charge is -2.46. The molecule has 27 heavy (non-hydrogen) atoms. The number of rotatable bonds is 12. The van der Waals surface area contributed by atoms with Crippen LogP contribution in [0, 0.1) is 0 Å². The highest BCUT2D eigenvalue weighted by Gasteiger charge is 2.58. The van der Waals surface area contributed by atoms with Gasteiger partial charge in [0.2, 0.25) is 0 Å². The van der Waals surface area contributed by atoms with Crippen molar-refractivity contribution in [3.63, 3.8) is 0 Å². The lowest BCUT2D eigenvalue weighted by Crippen LogP contribution is -2.59. The van der Waals surface area contributed by atoms with Gasteiger partial charge < -0.3 is 17.7 Å². The van der Waals surface area contributed by atoms with E-state index in [1.165, 1.54) is 64.2 Å². The molecule has 2 aliphatic carbocycles. The van der Waals surface area contributed by atoms with E-state index < -0.39 is 17.1 Å². The SMILES string of the molecule is CCO[Si](C[Si](OCC)(OCC)C1CCCCC1)(OCC)C1CCCCC1. The van der Waals surface area contributed by atoms with Gasteiger partial charge in [-0.1, -0.05) is 38.5 Å². The van der Waals surface area contributed by atoms with E-state index in [2.05, 4.69) is 27.7 Å². The summed E-state index contributed by atoms with van der Waals surface area (Å²) in [5.41, 5.74) is 2.17. The van der Waals surface area contributed by atoms with E-state index in [0.717, 1.165) is 32.1 Å². The molecule has 0 heterocycles. The molecule has 6 heteroatoms. The first-order chi connectivity index (χ1) is 13.2. The molecular formula is C21H44O4Si2. The molecule has 2 saturated carbocycles. The fourth-order valence-corrected chi connectivity index (χ4v) is 17.8. The molecule has 0 saturated heterocycles. The van der Waals surface area contributed by atoms with Crippen LogP contribution in [-0.2, 0) is 17.7 Å². The van der Waals surface area contributed by atoms with Crippen molar-refractivity contribution in [3.8, 4) is 0 Å². The van der Waals surface area contributed by atoms with Crippen LogP contribution < -0.4 is 0 Å². The summed E-state index contributed by atoms with van der Waals surface area (Å²) in [4.78, 5) is 0. The molecule has 0 N–H and O–H groups in total. The third kappa shape index (κ3) is 6.13. The molecular weight excluding hydrogens is 372 g/mol. The van der Waals surface area contributed by atoms with Crippen LogP contribution in [0.4, 0.5) is 0 Å². The van der Waals surface area contributed by atoms with Crippen molar-refractivity contribution in [3.05, 3.63) is 0 Å². The first-order valence-corrected chi connectivity index (χ1v) is 15.9. The average Bonchev–Trinajstić information content (AvgIpc) is 2.70. The first-order valence-electron chi connectivity index (χ1n) is 11.7. The molecule has 0 aromatic heterocycles. The third-order valence-corrected chi connectivity index (χ3v) is 17.2. The minimum atomic E-state index is -2.38. The Labute approximate surface area is 170 Å². The molecule has 2 rings (SSSR count). The van der Waals surface area contributed by atoms with Crippen molar-refractivity contribution in [1.82, 2.24) is 0 Å². The van der Waals surface area contributed by atoms with Gasteiger partial charge in [-0.25, -0.2) is 0 Å². The quantitative estimate of drug-likeness (QED) is 0.354. The topological polar surface area (TPSA) is 36.9 Å². The van der Waals surface area contributed by atoms with Gasteiger partial charge in [-0.2, -0.15) is 0 Å². The van der Waals surface area contributed by atoms with Crippen molar-refractivity contribution >= 4 is 17.1 Å². The maximum absolute atomic E-state index is 6.64.